The summed E-state index contributed by atoms with van der Waals surface area (Å²) in [6.07, 6.45) is 12.6. The number of fused-ring (bicyclic) bond motifs is 7. The molecular weight excluding hydrogens is 522 g/mol. The van der Waals surface area contributed by atoms with E-state index in [0.717, 1.165) is 94.3 Å². The maximum Gasteiger partial charge on any atom is 0.303 e. The zero-order valence-electron chi connectivity index (χ0n) is 23.1. The molecule has 1 spiro atoms. The number of carboxylic acid groups (broad SMARTS) is 1. The van der Waals surface area contributed by atoms with Crippen molar-refractivity contribution in [2.75, 3.05) is 13.1 Å². The van der Waals surface area contributed by atoms with Crippen molar-refractivity contribution >= 4 is 28.5 Å². The van der Waals surface area contributed by atoms with Gasteiger partial charge in [-0.2, -0.15) is 4.98 Å². The second kappa shape index (κ2) is 10.3. The largest absolute Gasteiger partial charge is 0.481 e. The van der Waals surface area contributed by atoms with E-state index >= 15 is 0 Å². The second-order valence-electron chi connectivity index (χ2n) is 12.7. The van der Waals surface area contributed by atoms with Crippen molar-refractivity contribution < 1.29 is 9.90 Å². The fourth-order valence-corrected chi connectivity index (χ4v) is 8.76. The third kappa shape index (κ3) is 4.30. The van der Waals surface area contributed by atoms with E-state index in [0.29, 0.717) is 34.7 Å². The van der Waals surface area contributed by atoms with E-state index in [1.165, 1.54) is 17.5 Å². The van der Waals surface area contributed by atoms with Gasteiger partial charge < -0.3 is 10.0 Å². The fraction of sp³-hybridized carbons (Fsp3) is 0.545. The highest BCUT2D eigenvalue weighted by molar-refractivity contribution is 6.35. The highest BCUT2D eigenvalue weighted by Crippen LogP contribution is 2.52. The van der Waals surface area contributed by atoms with Crippen LogP contribution in [-0.2, 0) is 10.2 Å². The van der Waals surface area contributed by atoms with Gasteiger partial charge in [-0.25, -0.2) is 0 Å². The van der Waals surface area contributed by atoms with Gasteiger partial charge in [0, 0.05) is 12.5 Å². The van der Waals surface area contributed by atoms with E-state index in [4.69, 9.17) is 21.7 Å². The van der Waals surface area contributed by atoms with Crippen molar-refractivity contribution in [3.8, 4) is 5.69 Å². The molecule has 0 amide bonds. The van der Waals surface area contributed by atoms with Crippen LogP contribution in [0.15, 0.2) is 41.2 Å². The van der Waals surface area contributed by atoms with Gasteiger partial charge >= 0.3 is 5.97 Å². The number of nitrogens with zero attached hydrogens (tertiary/aromatic N) is 3. The Labute approximate surface area is 240 Å². The Morgan fingerprint density at radius 2 is 1.75 bits per heavy atom. The molecule has 2 aliphatic carbocycles. The molecule has 210 valence electrons. The van der Waals surface area contributed by atoms with Gasteiger partial charge in [0.05, 0.1) is 27.0 Å². The number of likely N-dealkylation sites (tertiary alicyclic amines) is 1. The molecule has 1 aromatic heterocycles. The van der Waals surface area contributed by atoms with Gasteiger partial charge in [0.1, 0.15) is 5.82 Å². The number of carbonyl (C=O) groups is 1. The van der Waals surface area contributed by atoms with E-state index in [1.807, 2.05) is 12.1 Å². The van der Waals surface area contributed by atoms with E-state index < -0.39 is 5.97 Å². The Morgan fingerprint density at radius 1 is 1.00 bits per heavy atom. The molecule has 4 aliphatic rings. The Morgan fingerprint density at radius 3 is 2.48 bits per heavy atom. The van der Waals surface area contributed by atoms with Crippen LogP contribution in [0.2, 0.25) is 5.02 Å². The number of hydrogen-bond donors (Lipinski definition) is 1. The first-order chi connectivity index (χ1) is 19.4. The van der Waals surface area contributed by atoms with Gasteiger partial charge in [-0.05, 0) is 106 Å². The van der Waals surface area contributed by atoms with Crippen molar-refractivity contribution in [3.05, 3.63) is 68.7 Å². The summed E-state index contributed by atoms with van der Waals surface area (Å²) in [5.74, 6) is 1.14. The number of hydrogen-bond acceptors (Lipinski definition) is 4. The zero-order valence-corrected chi connectivity index (χ0v) is 23.8. The van der Waals surface area contributed by atoms with Crippen LogP contribution in [0.3, 0.4) is 0 Å². The van der Waals surface area contributed by atoms with E-state index in [2.05, 4.69) is 27.7 Å². The molecule has 0 bridgehead atoms. The van der Waals surface area contributed by atoms with Crippen LogP contribution >= 0.6 is 11.6 Å². The minimum absolute atomic E-state index is 0.200. The van der Waals surface area contributed by atoms with Crippen molar-refractivity contribution in [1.82, 2.24) is 14.5 Å². The Bertz CT molecular complexity index is 1510. The lowest BCUT2D eigenvalue weighted by molar-refractivity contribution is -0.138. The summed E-state index contributed by atoms with van der Waals surface area (Å²) < 4.78 is 2.23. The van der Waals surface area contributed by atoms with Crippen LogP contribution in [0.25, 0.3) is 16.6 Å². The number of benzene rings is 2. The predicted octanol–water partition coefficient (Wildman–Crippen LogP) is 6.82. The smallest absolute Gasteiger partial charge is 0.303 e. The predicted molar refractivity (Wildman–Crippen MR) is 158 cm³/mol. The quantitative estimate of drug-likeness (QED) is 0.380. The monoisotopic (exact) mass is 559 g/mol. The Balaban J connectivity index is 1.16. The molecule has 3 fully saturated rings. The summed E-state index contributed by atoms with van der Waals surface area (Å²) in [6, 6.07) is 13.4. The zero-order chi connectivity index (χ0) is 27.4. The third-order valence-corrected chi connectivity index (χ3v) is 10.9. The molecule has 3 aromatic rings. The van der Waals surface area contributed by atoms with Crippen LogP contribution in [0.1, 0.15) is 99.9 Å². The van der Waals surface area contributed by atoms with E-state index in [9.17, 15) is 9.59 Å². The number of halogens is 1. The number of piperidine rings is 1. The summed E-state index contributed by atoms with van der Waals surface area (Å²) in [4.78, 5) is 31.8. The lowest BCUT2D eigenvalue weighted by Gasteiger charge is -2.41. The molecule has 2 saturated carbocycles. The van der Waals surface area contributed by atoms with Crippen LogP contribution in [0.5, 0.6) is 0 Å². The van der Waals surface area contributed by atoms with Crippen molar-refractivity contribution in [1.29, 1.82) is 0 Å². The third-order valence-electron chi connectivity index (χ3n) is 10.6. The molecule has 7 heteroatoms. The van der Waals surface area contributed by atoms with Crippen LogP contribution in [0, 0.1) is 5.92 Å². The standard InChI is InChI=1S/C33H38ClN3O3/c34-26-5-4-6-28-30(26)31(40)35-32-33(15-2-1-3-16-33)25-20-23(9-12-27(25)37(28)32)22-13-17-36(18-14-22)24-10-7-21(8-11-24)19-29(38)39/h4-6,9,12,20-22,24H,1-3,7-8,10-11,13-19H2,(H,38,39). The molecule has 2 aromatic carbocycles. The topological polar surface area (TPSA) is 75.4 Å². The average Bonchev–Trinajstić information content (AvgIpc) is 3.22. The van der Waals surface area contributed by atoms with Gasteiger partial charge in [0.15, 0.2) is 0 Å². The first-order valence-corrected chi connectivity index (χ1v) is 15.6. The Hall–Kier alpha value is -2.70. The Kier molecular flexibility index (Phi) is 6.74. The fourth-order valence-electron chi connectivity index (χ4n) is 8.51. The van der Waals surface area contributed by atoms with Crippen molar-refractivity contribution in [3.63, 3.8) is 0 Å². The van der Waals surface area contributed by atoms with Crippen molar-refractivity contribution in [2.45, 2.75) is 94.4 Å². The molecule has 3 heterocycles. The molecule has 0 atom stereocenters. The normalized spacial score (nSPS) is 24.7. The highest BCUT2D eigenvalue weighted by atomic mass is 35.5. The van der Waals surface area contributed by atoms with E-state index in [-0.39, 0.29) is 11.0 Å². The van der Waals surface area contributed by atoms with Crippen molar-refractivity contribution in [2.24, 2.45) is 5.92 Å². The number of carboxylic acids is 1. The van der Waals surface area contributed by atoms with Crippen LogP contribution in [-0.4, -0.2) is 44.7 Å². The van der Waals surface area contributed by atoms with E-state index in [1.54, 1.807) is 6.07 Å². The molecule has 6 nitrogen and oxygen atoms in total. The van der Waals surface area contributed by atoms with Gasteiger partial charge in [0.2, 0.25) is 0 Å². The number of rotatable bonds is 4. The molecule has 1 saturated heterocycles. The SMILES string of the molecule is O=C(O)CC1CCC(N2CCC(c3ccc4c(c3)C3(CCCCC3)c3nc(=O)c5c(Cl)cccc5n3-4)CC2)CC1. The molecular formula is C33H38ClN3O3. The minimum atomic E-state index is -0.656. The minimum Gasteiger partial charge on any atom is -0.481 e. The summed E-state index contributed by atoms with van der Waals surface area (Å²) in [6.45, 7) is 2.22. The first-order valence-electron chi connectivity index (χ1n) is 15.3. The molecule has 1 N–H and O–H groups in total. The summed E-state index contributed by atoms with van der Waals surface area (Å²) in [5, 5.41) is 10.1. The van der Waals surface area contributed by atoms with Crippen LogP contribution < -0.4 is 5.56 Å². The highest BCUT2D eigenvalue weighted by Gasteiger charge is 2.47. The lowest BCUT2D eigenvalue weighted by Crippen LogP contribution is -2.43. The molecule has 7 rings (SSSR count). The molecule has 40 heavy (non-hydrogen) atoms. The number of aliphatic carboxylic acids is 1. The molecule has 0 unspecified atom stereocenters. The number of aromatic nitrogens is 2. The average molecular weight is 560 g/mol. The van der Waals surface area contributed by atoms with Gasteiger partial charge in [-0.1, -0.05) is 49.1 Å². The maximum absolute atomic E-state index is 13.2. The molecule has 2 aliphatic heterocycles. The van der Waals surface area contributed by atoms with Gasteiger partial charge in [0.25, 0.3) is 5.56 Å². The lowest BCUT2D eigenvalue weighted by atomic mass is 9.69. The summed E-state index contributed by atoms with van der Waals surface area (Å²) >= 11 is 6.51. The van der Waals surface area contributed by atoms with Crippen LogP contribution in [0.4, 0.5) is 0 Å². The maximum atomic E-state index is 13.2. The van der Waals surface area contributed by atoms with Gasteiger partial charge in [-0.15, -0.1) is 0 Å². The first kappa shape index (κ1) is 26.2. The summed E-state index contributed by atoms with van der Waals surface area (Å²) in [5.41, 5.74) is 4.39. The molecule has 0 radical (unpaired) electrons. The van der Waals surface area contributed by atoms with Gasteiger partial charge in [-0.3, -0.25) is 14.2 Å². The summed E-state index contributed by atoms with van der Waals surface area (Å²) in [7, 11) is 0. The second-order valence-corrected chi connectivity index (χ2v) is 13.1.